The summed E-state index contributed by atoms with van der Waals surface area (Å²) in [7, 11) is 0. The van der Waals surface area contributed by atoms with Crippen LogP contribution in [0.15, 0.2) is 0 Å². The molecular formula is C13H20N2O3. The Labute approximate surface area is 108 Å². The Hall–Kier alpha value is -1.70. The number of rotatable bonds is 4. The first-order valence-corrected chi connectivity index (χ1v) is 6.20. The number of amides is 2. The first-order chi connectivity index (χ1) is 8.47. The van der Waals surface area contributed by atoms with Gasteiger partial charge in [-0.3, -0.25) is 0 Å². The van der Waals surface area contributed by atoms with Gasteiger partial charge in [-0.05, 0) is 26.2 Å². The second-order valence-corrected chi connectivity index (χ2v) is 4.74. The molecule has 5 heteroatoms. The van der Waals surface area contributed by atoms with Gasteiger partial charge in [0.25, 0.3) is 0 Å². The molecule has 0 radical (unpaired) electrons. The summed E-state index contributed by atoms with van der Waals surface area (Å²) in [6, 6.07) is -0.266. The van der Waals surface area contributed by atoms with E-state index >= 15 is 0 Å². The van der Waals surface area contributed by atoms with Crippen molar-refractivity contribution in [2.75, 3.05) is 19.6 Å². The quantitative estimate of drug-likeness (QED) is 0.769. The van der Waals surface area contributed by atoms with Gasteiger partial charge in [0.2, 0.25) is 0 Å². The van der Waals surface area contributed by atoms with Gasteiger partial charge in [-0.15, -0.1) is 6.42 Å². The molecule has 0 aromatic heterocycles. The van der Waals surface area contributed by atoms with Crippen LogP contribution < -0.4 is 0 Å². The number of aliphatic carboxylic acids is 1. The zero-order chi connectivity index (χ0) is 13.8. The van der Waals surface area contributed by atoms with Crippen molar-refractivity contribution >= 4 is 12.0 Å². The molecule has 1 saturated heterocycles. The Morgan fingerprint density at radius 3 is 2.72 bits per heavy atom. The Bertz CT molecular complexity index is 375. The third-order valence-corrected chi connectivity index (χ3v) is 3.38. The molecule has 2 amide bonds. The van der Waals surface area contributed by atoms with Gasteiger partial charge in [0.15, 0.2) is 0 Å². The molecule has 100 valence electrons. The molecule has 0 aliphatic carbocycles. The van der Waals surface area contributed by atoms with Gasteiger partial charge in [-0.2, -0.15) is 0 Å². The Morgan fingerprint density at radius 1 is 1.56 bits per heavy atom. The van der Waals surface area contributed by atoms with E-state index in [0.29, 0.717) is 25.9 Å². The van der Waals surface area contributed by atoms with E-state index in [9.17, 15) is 14.7 Å². The van der Waals surface area contributed by atoms with Crippen LogP contribution in [0.2, 0.25) is 0 Å². The third kappa shape index (κ3) is 2.58. The minimum atomic E-state index is -1.10. The van der Waals surface area contributed by atoms with Gasteiger partial charge in [0, 0.05) is 13.1 Å². The number of terminal acetylenes is 1. The van der Waals surface area contributed by atoms with Gasteiger partial charge >= 0.3 is 12.0 Å². The van der Waals surface area contributed by atoms with E-state index in [1.54, 1.807) is 6.92 Å². The summed E-state index contributed by atoms with van der Waals surface area (Å²) >= 11 is 0. The lowest BCUT2D eigenvalue weighted by atomic mass is 10.00. The summed E-state index contributed by atoms with van der Waals surface area (Å²) in [5.74, 6) is 1.49. The number of carboxylic acids is 1. The third-order valence-electron chi connectivity index (χ3n) is 3.38. The maximum atomic E-state index is 12.3. The van der Waals surface area contributed by atoms with Crippen molar-refractivity contribution in [3.8, 4) is 12.3 Å². The van der Waals surface area contributed by atoms with Crippen LogP contribution in [0.25, 0.3) is 0 Å². The highest BCUT2D eigenvalue weighted by Crippen LogP contribution is 2.30. The van der Waals surface area contributed by atoms with Crippen LogP contribution >= 0.6 is 0 Å². The first-order valence-electron chi connectivity index (χ1n) is 6.20. The van der Waals surface area contributed by atoms with E-state index in [2.05, 4.69) is 5.92 Å². The lowest BCUT2D eigenvalue weighted by Gasteiger charge is -2.35. The number of hydrogen-bond donors (Lipinski definition) is 1. The summed E-state index contributed by atoms with van der Waals surface area (Å²) in [6.07, 6.45) is 7.24. The fourth-order valence-electron chi connectivity index (χ4n) is 2.29. The molecular weight excluding hydrogens is 232 g/mol. The zero-order valence-electron chi connectivity index (χ0n) is 11.0. The summed E-state index contributed by atoms with van der Waals surface area (Å²) in [5, 5.41) is 9.28. The van der Waals surface area contributed by atoms with Crippen LogP contribution in [-0.4, -0.2) is 52.1 Å². The van der Waals surface area contributed by atoms with Gasteiger partial charge in [0.1, 0.15) is 5.54 Å². The number of nitrogens with zero attached hydrogens (tertiary/aromatic N) is 2. The second kappa shape index (κ2) is 5.76. The van der Waals surface area contributed by atoms with Crippen LogP contribution in [0.1, 0.15) is 33.1 Å². The van der Waals surface area contributed by atoms with Crippen molar-refractivity contribution in [3.05, 3.63) is 0 Å². The van der Waals surface area contributed by atoms with Crippen molar-refractivity contribution in [1.29, 1.82) is 0 Å². The molecule has 5 nitrogen and oxygen atoms in total. The van der Waals surface area contributed by atoms with Crippen LogP contribution in [0, 0.1) is 12.3 Å². The molecule has 1 atom stereocenters. The average molecular weight is 252 g/mol. The van der Waals surface area contributed by atoms with E-state index in [1.165, 1.54) is 9.80 Å². The highest BCUT2D eigenvalue weighted by molar-refractivity contribution is 5.86. The fourth-order valence-corrected chi connectivity index (χ4v) is 2.29. The largest absolute Gasteiger partial charge is 0.480 e. The fraction of sp³-hybridized carbons (Fsp3) is 0.692. The van der Waals surface area contributed by atoms with Gasteiger partial charge in [-0.1, -0.05) is 12.8 Å². The number of carbonyl (C=O) groups is 2. The normalized spacial score (nSPS) is 22.6. The lowest BCUT2D eigenvalue weighted by molar-refractivity contribution is -0.147. The minimum Gasteiger partial charge on any atom is -0.480 e. The van der Waals surface area contributed by atoms with Crippen molar-refractivity contribution in [2.24, 2.45) is 0 Å². The van der Waals surface area contributed by atoms with Crippen molar-refractivity contribution < 1.29 is 14.7 Å². The Morgan fingerprint density at radius 2 is 2.22 bits per heavy atom. The van der Waals surface area contributed by atoms with Crippen molar-refractivity contribution in [2.45, 2.75) is 38.6 Å². The molecule has 1 unspecified atom stereocenters. The van der Waals surface area contributed by atoms with Crippen LogP contribution in [0.4, 0.5) is 4.79 Å². The molecule has 1 N–H and O–H groups in total. The monoisotopic (exact) mass is 252 g/mol. The first kappa shape index (κ1) is 14.4. The number of carboxylic acid groups (broad SMARTS) is 1. The van der Waals surface area contributed by atoms with Crippen molar-refractivity contribution in [1.82, 2.24) is 9.80 Å². The number of hydrogen-bond acceptors (Lipinski definition) is 2. The topological polar surface area (TPSA) is 60.9 Å². The van der Waals surface area contributed by atoms with E-state index in [1.807, 2.05) is 6.92 Å². The van der Waals surface area contributed by atoms with E-state index in [4.69, 9.17) is 6.42 Å². The van der Waals surface area contributed by atoms with Crippen LogP contribution in [-0.2, 0) is 4.79 Å². The van der Waals surface area contributed by atoms with E-state index < -0.39 is 11.5 Å². The lowest BCUT2D eigenvalue weighted by Crippen LogP contribution is -2.55. The summed E-state index contributed by atoms with van der Waals surface area (Å²) in [6.45, 7) is 4.80. The Balaban J connectivity index is 2.87. The van der Waals surface area contributed by atoms with E-state index in [-0.39, 0.29) is 12.6 Å². The highest BCUT2D eigenvalue weighted by atomic mass is 16.4. The molecule has 1 aliphatic rings. The van der Waals surface area contributed by atoms with E-state index in [0.717, 1.165) is 6.42 Å². The number of carbonyl (C=O) groups excluding carboxylic acids is 1. The predicted octanol–water partition coefficient (Wildman–Crippen LogP) is 1.39. The van der Waals surface area contributed by atoms with Gasteiger partial charge in [0.05, 0.1) is 6.54 Å². The molecule has 0 spiro atoms. The molecule has 0 aromatic rings. The highest BCUT2D eigenvalue weighted by Gasteiger charge is 2.46. The second-order valence-electron chi connectivity index (χ2n) is 4.74. The van der Waals surface area contributed by atoms with Crippen LogP contribution in [0.5, 0.6) is 0 Å². The molecule has 1 aliphatic heterocycles. The molecule has 0 saturated carbocycles. The van der Waals surface area contributed by atoms with Gasteiger partial charge < -0.3 is 14.9 Å². The standard InChI is InChI=1S/C13H20N2O3/c1-4-8-14(9-5-2)12(18)15-10-6-7-13(15,3)11(16)17/h1H,5-10H2,2-3H3,(H,16,17). The summed E-state index contributed by atoms with van der Waals surface area (Å²) in [4.78, 5) is 26.6. The summed E-state index contributed by atoms with van der Waals surface area (Å²) < 4.78 is 0. The molecule has 1 rings (SSSR count). The maximum absolute atomic E-state index is 12.3. The minimum absolute atomic E-state index is 0.221. The smallest absolute Gasteiger partial charge is 0.329 e. The molecule has 0 bridgehead atoms. The number of urea groups is 1. The van der Waals surface area contributed by atoms with Crippen LogP contribution in [0.3, 0.4) is 0 Å². The molecule has 0 aromatic carbocycles. The maximum Gasteiger partial charge on any atom is 0.329 e. The zero-order valence-corrected chi connectivity index (χ0v) is 11.0. The Kier molecular flexibility index (Phi) is 4.60. The molecule has 18 heavy (non-hydrogen) atoms. The number of likely N-dealkylation sites (tertiary alicyclic amines) is 1. The van der Waals surface area contributed by atoms with Gasteiger partial charge in [-0.25, -0.2) is 9.59 Å². The molecule has 1 fully saturated rings. The molecule has 1 heterocycles. The SMILES string of the molecule is C#CCN(CCC)C(=O)N1CCCC1(C)C(=O)O. The average Bonchev–Trinajstić information content (AvgIpc) is 2.71. The van der Waals surface area contributed by atoms with Crippen molar-refractivity contribution in [3.63, 3.8) is 0 Å². The predicted molar refractivity (Wildman–Crippen MR) is 68.1 cm³/mol. The summed E-state index contributed by atoms with van der Waals surface area (Å²) in [5.41, 5.74) is -1.10.